The maximum atomic E-state index is 13.5. The largest absolute Gasteiger partial charge is 0.478 e. The number of aromatic carboxylic acids is 1. The molecule has 386 valence electrons. The van der Waals surface area contributed by atoms with Gasteiger partial charge in [-0.05, 0) is 96.7 Å². The number of benzene rings is 5. The molecule has 14 heteroatoms. The molecule has 2 amide bonds. The van der Waals surface area contributed by atoms with E-state index in [-0.39, 0.29) is 82.5 Å². The number of anilines is 2. The molecule has 6 aliphatic rings. The second-order valence-electron chi connectivity index (χ2n) is 20.2. The number of fused-ring (bicyclic) bond motifs is 6. The van der Waals surface area contributed by atoms with Gasteiger partial charge in [-0.15, -0.1) is 0 Å². The van der Waals surface area contributed by atoms with Crippen LogP contribution in [0.15, 0.2) is 78.9 Å². The highest BCUT2D eigenvalue weighted by atomic mass is 16.5. The summed E-state index contributed by atoms with van der Waals surface area (Å²) in [6.07, 6.45) is 11.6. The van der Waals surface area contributed by atoms with Crippen LogP contribution in [0.1, 0.15) is 116 Å². The summed E-state index contributed by atoms with van der Waals surface area (Å²) in [7, 11) is 0. The highest BCUT2D eigenvalue weighted by Gasteiger charge is 2.37. The molecule has 14 nitrogen and oxygen atoms in total. The molecule has 5 aromatic carbocycles. The Kier molecular flexibility index (Phi) is 14.8. The Morgan fingerprint density at radius 1 is 0.640 bits per heavy atom. The molecule has 0 saturated carbocycles. The van der Waals surface area contributed by atoms with Gasteiger partial charge < -0.3 is 39.2 Å². The Hall–Kier alpha value is -7.26. The first-order chi connectivity index (χ1) is 36.7. The van der Waals surface area contributed by atoms with E-state index in [1.165, 1.54) is 39.4 Å². The third kappa shape index (κ3) is 10.3. The van der Waals surface area contributed by atoms with Crippen molar-refractivity contribution in [2.45, 2.75) is 77.2 Å². The van der Waals surface area contributed by atoms with Gasteiger partial charge in [0.2, 0.25) is 17.0 Å². The SMILES string of the molecule is O=C(CCOCCOCCOCCNC(=O)c1ccc(C2=c3cc4c5c(c3Oc3c2cc2c6c3CCCN6CCC2)CCC[N+]=5CCC4)c(C(=O)O)c1)C(=O)CCC(=O)N1Cc2ccccc2C=Cc2ccccc21. The molecule has 0 aliphatic carbocycles. The summed E-state index contributed by atoms with van der Waals surface area (Å²) >= 11 is 0. The van der Waals surface area contributed by atoms with Crippen molar-refractivity contribution in [3.8, 4) is 11.5 Å². The summed E-state index contributed by atoms with van der Waals surface area (Å²) in [6, 6.07) is 25.0. The number of nitrogens with zero attached hydrogens (tertiary/aromatic N) is 3. The predicted molar refractivity (Wildman–Crippen MR) is 285 cm³/mol. The summed E-state index contributed by atoms with van der Waals surface area (Å²) in [6.45, 7) is 5.96. The second-order valence-corrected chi connectivity index (χ2v) is 20.2. The average molecular weight is 1010 g/mol. The van der Waals surface area contributed by atoms with Crippen molar-refractivity contribution in [3.05, 3.63) is 151 Å². The van der Waals surface area contributed by atoms with Crippen LogP contribution in [0.5, 0.6) is 11.5 Å². The van der Waals surface area contributed by atoms with Crippen LogP contribution in [0.4, 0.5) is 11.4 Å². The van der Waals surface area contributed by atoms with Gasteiger partial charge in [-0.3, -0.25) is 19.2 Å². The fourth-order valence-electron chi connectivity index (χ4n) is 11.9. The molecule has 2 N–H and O–H groups in total. The third-order valence-corrected chi connectivity index (χ3v) is 15.5. The van der Waals surface area contributed by atoms with Crippen molar-refractivity contribution in [1.82, 2.24) is 9.89 Å². The van der Waals surface area contributed by atoms with E-state index in [0.717, 1.165) is 128 Å². The number of rotatable bonds is 19. The zero-order valence-electron chi connectivity index (χ0n) is 42.4. The van der Waals surface area contributed by atoms with Crippen molar-refractivity contribution in [2.24, 2.45) is 0 Å². The highest BCUT2D eigenvalue weighted by Crippen LogP contribution is 2.49. The van der Waals surface area contributed by atoms with Crippen molar-refractivity contribution in [1.29, 1.82) is 0 Å². The number of carboxylic acids is 1. The molecule has 0 aromatic heterocycles. The van der Waals surface area contributed by atoms with E-state index < -0.39 is 23.4 Å². The molecule has 0 saturated heterocycles. The summed E-state index contributed by atoms with van der Waals surface area (Å²) in [5.41, 5.74) is 12.7. The van der Waals surface area contributed by atoms with E-state index in [1.54, 1.807) is 17.0 Å². The van der Waals surface area contributed by atoms with Crippen LogP contribution in [0, 0.1) is 0 Å². The van der Waals surface area contributed by atoms with Gasteiger partial charge in [-0.1, -0.05) is 60.7 Å². The fraction of sp³-hybridized carbons (Fsp3) is 0.377. The van der Waals surface area contributed by atoms with Crippen molar-refractivity contribution in [2.75, 3.05) is 82.2 Å². The summed E-state index contributed by atoms with van der Waals surface area (Å²) in [5, 5.41) is 15.9. The van der Waals surface area contributed by atoms with E-state index >= 15 is 0 Å². The number of nitrogens with one attached hydrogen (secondary N) is 1. The minimum absolute atomic E-state index is 0.0521. The molecule has 75 heavy (non-hydrogen) atoms. The number of para-hydroxylation sites is 1. The monoisotopic (exact) mass is 1010 g/mol. The summed E-state index contributed by atoms with van der Waals surface area (Å²) < 4.78 is 26.5. The second kappa shape index (κ2) is 22.3. The van der Waals surface area contributed by atoms with Crippen LogP contribution in [-0.2, 0) is 60.8 Å². The van der Waals surface area contributed by atoms with Crippen LogP contribution in [0.25, 0.3) is 17.7 Å². The Bertz CT molecular complexity index is 3280. The van der Waals surface area contributed by atoms with Crippen LogP contribution in [-0.4, -0.2) is 107 Å². The van der Waals surface area contributed by atoms with Gasteiger partial charge in [-0.25, -0.2) is 9.37 Å². The van der Waals surface area contributed by atoms with E-state index in [0.29, 0.717) is 12.1 Å². The summed E-state index contributed by atoms with van der Waals surface area (Å²) in [5.74, 6) is -1.21. The van der Waals surface area contributed by atoms with E-state index in [2.05, 4.69) is 26.9 Å². The van der Waals surface area contributed by atoms with Crippen LogP contribution in [0.3, 0.4) is 0 Å². The summed E-state index contributed by atoms with van der Waals surface area (Å²) in [4.78, 5) is 69.8. The molecule has 11 rings (SSSR count). The van der Waals surface area contributed by atoms with Crippen molar-refractivity contribution in [3.63, 3.8) is 0 Å². The number of amides is 2. The number of ether oxygens (including phenoxy) is 4. The molecule has 6 heterocycles. The molecular formula is C61H63N4O10+. The molecule has 0 bridgehead atoms. The normalized spacial score (nSPS) is 15.7. The number of hydrogen-bond donors (Lipinski definition) is 2. The first-order valence-corrected chi connectivity index (χ1v) is 26.8. The van der Waals surface area contributed by atoms with Crippen molar-refractivity contribution >= 4 is 58.5 Å². The Balaban J connectivity index is 0.648. The lowest BCUT2D eigenvalue weighted by Gasteiger charge is -2.39. The molecule has 0 atom stereocenters. The van der Waals surface area contributed by atoms with E-state index in [9.17, 15) is 29.1 Å². The van der Waals surface area contributed by atoms with Crippen molar-refractivity contribution < 1.29 is 48.0 Å². The molecule has 0 unspecified atom stereocenters. The van der Waals surface area contributed by atoms with Gasteiger partial charge in [0.1, 0.15) is 24.6 Å². The lowest BCUT2D eigenvalue weighted by Crippen LogP contribution is -2.45. The first-order valence-electron chi connectivity index (χ1n) is 26.8. The smallest absolute Gasteiger partial charge is 0.336 e. The van der Waals surface area contributed by atoms with Gasteiger partial charge >= 0.3 is 5.97 Å². The fourth-order valence-corrected chi connectivity index (χ4v) is 11.9. The Morgan fingerprint density at radius 3 is 2.16 bits per heavy atom. The lowest BCUT2D eigenvalue weighted by atomic mass is 9.81. The molecule has 0 radical (unpaired) electrons. The van der Waals surface area contributed by atoms with Gasteiger partial charge in [-0.2, -0.15) is 0 Å². The topological polar surface area (TPSA) is 164 Å². The lowest BCUT2D eigenvalue weighted by molar-refractivity contribution is -0.137. The third-order valence-electron chi connectivity index (χ3n) is 15.5. The van der Waals surface area contributed by atoms with Crippen LogP contribution >= 0.6 is 0 Å². The van der Waals surface area contributed by atoms with E-state index in [4.69, 9.17) is 18.9 Å². The molecular weight excluding hydrogens is 949 g/mol. The molecule has 0 spiro atoms. The predicted octanol–water partition coefficient (Wildman–Crippen LogP) is 6.63. The number of hydrogen-bond acceptors (Lipinski definition) is 10. The molecule has 5 aromatic rings. The highest BCUT2D eigenvalue weighted by molar-refractivity contribution is 6.37. The van der Waals surface area contributed by atoms with Gasteiger partial charge in [0.25, 0.3) is 5.91 Å². The Morgan fingerprint density at radius 2 is 1.33 bits per heavy atom. The molecule has 0 fully saturated rings. The molecule has 6 aliphatic heterocycles. The quantitative estimate of drug-likeness (QED) is 0.0509. The minimum Gasteiger partial charge on any atom is -0.478 e. The maximum Gasteiger partial charge on any atom is 0.336 e. The zero-order chi connectivity index (χ0) is 51.4. The van der Waals surface area contributed by atoms with Crippen LogP contribution < -0.4 is 35.0 Å². The number of carboxylic acid groups (broad SMARTS) is 1. The Labute approximate surface area is 436 Å². The minimum atomic E-state index is -1.11. The first kappa shape index (κ1) is 49.9. The standard InChI is InChI=1S/C61H62N4O10/c66-52(21-22-54(68)65-38-44-11-2-1-9-39(44)17-18-40-10-3-4-16-51(40)65)53(67)23-29-72-31-33-74-34-32-73-30-24-62-60(69)43-19-20-45(48(37-43)61(70)71)55-49-35-41-12-5-25-63-27-7-14-46(56(41)63)58(49)75-59-47-15-8-28-64-26-6-13-42(57(47)64)36-50(55)59/h1-4,9-11,16-20,35-37H,5-8,12-15,21-34,38H2,(H-,62,69,70,71)/p+1. The number of carbonyl (C=O) groups is 5. The number of ketones is 2. The van der Waals surface area contributed by atoms with Gasteiger partial charge in [0, 0.05) is 90.5 Å². The number of Topliss-reactive ketones (excluding diaryl/α,β-unsaturated/α-hetero) is 2. The van der Waals surface area contributed by atoms with Crippen LogP contribution in [0.2, 0.25) is 0 Å². The average Bonchev–Trinajstić information content (AvgIpc) is 3.43. The zero-order valence-corrected chi connectivity index (χ0v) is 42.4. The number of carbonyl (C=O) groups excluding carboxylic acids is 4. The number of aryl methyl sites for hydroxylation is 2. The van der Waals surface area contributed by atoms with E-state index in [1.807, 2.05) is 60.7 Å². The maximum absolute atomic E-state index is 13.5. The van der Waals surface area contributed by atoms with Gasteiger partial charge in [0.05, 0.1) is 63.0 Å². The van der Waals surface area contributed by atoms with Gasteiger partial charge in [0.15, 0.2) is 5.78 Å².